The Bertz CT molecular complexity index is 655. The van der Waals surface area contributed by atoms with Gasteiger partial charge in [0.25, 0.3) is 0 Å². The van der Waals surface area contributed by atoms with E-state index in [0.717, 1.165) is 0 Å². The first-order valence-corrected chi connectivity index (χ1v) is 6.52. The summed E-state index contributed by atoms with van der Waals surface area (Å²) in [4.78, 5) is 0. The number of hydrogen-bond donors (Lipinski definition) is 1. The second-order valence-corrected chi connectivity index (χ2v) is 4.97. The Labute approximate surface area is 105 Å². The lowest BCUT2D eigenvalue weighted by Crippen LogP contribution is -1.95. The van der Waals surface area contributed by atoms with Gasteiger partial charge in [-0.05, 0) is 39.6 Å². The lowest BCUT2D eigenvalue weighted by Gasteiger charge is -2.05. The number of thiophene rings is 1. The van der Waals surface area contributed by atoms with E-state index in [2.05, 4.69) is 53.9 Å². The molecule has 2 aromatic carbocycles. The fourth-order valence-corrected chi connectivity index (χ4v) is 3.02. The summed E-state index contributed by atoms with van der Waals surface area (Å²) < 4.78 is 1.35. The second-order valence-electron chi connectivity index (χ2n) is 4.05. The Balaban J connectivity index is 2.23. The minimum atomic E-state index is 0.592. The molecule has 0 aliphatic carbocycles. The van der Waals surface area contributed by atoms with Crippen molar-refractivity contribution in [1.82, 2.24) is 0 Å². The van der Waals surface area contributed by atoms with Gasteiger partial charge in [-0.25, -0.2) is 0 Å². The minimum absolute atomic E-state index is 0.592. The van der Waals surface area contributed by atoms with Crippen LogP contribution in [0.1, 0.15) is 5.56 Å². The zero-order valence-electron chi connectivity index (χ0n) is 9.39. The van der Waals surface area contributed by atoms with Crippen LogP contribution >= 0.6 is 11.3 Å². The van der Waals surface area contributed by atoms with Crippen LogP contribution < -0.4 is 5.73 Å². The Hall–Kier alpha value is -1.64. The Kier molecular flexibility index (Phi) is 2.67. The van der Waals surface area contributed by atoms with Gasteiger partial charge in [0.1, 0.15) is 0 Å². The molecule has 0 amide bonds. The molecular weight excluding hydrogens is 226 g/mol. The number of fused-ring (bicyclic) bond motifs is 1. The van der Waals surface area contributed by atoms with Crippen molar-refractivity contribution in [1.29, 1.82) is 0 Å². The summed E-state index contributed by atoms with van der Waals surface area (Å²) >= 11 is 1.79. The quantitative estimate of drug-likeness (QED) is 0.718. The highest BCUT2D eigenvalue weighted by Crippen LogP contribution is 2.32. The molecule has 3 rings (SSSR count). The van der Waals surface area contributed by atoms with E-state index in [0.29, 0.717) is 6.54 Å². The standard InChI is InChI=1S/C15H13NS/c16-10-11-3-1-5-13(9-11)14-6-2-4-12-7-8-17-15(12)14/h1-9H,10,16H2. The van der Waals surface area contributed by atoms with Crippen LogP contribution in [0.2, 0.25) is 0 Å². The predicted octanol–water partition coefficient (Wildman–Crippen LogP) is 4.03. The van der Waals surface area contributed by atoms with Crippen molar-refractivity contribution < 1.29 is 0 Å². The smallest absolute Gasteiger partial charge is 0.0421 e. The van der Waals surface area contributed by atoms with Gasteiger partial charge in [0.15, 0.2) is 0 Å². The van der Waals surface area contributed by atoms with Crippen molar-refractivity contribution in [3.8, 4) is 11.1 Å². The molecule has 0 spiro atoms. The van der Waals surface area contributed by atoms with Crippen LogP contribution in [-0.2, 0) is 6.54 Å². The molecule has 0 radical (unpaired) electrons. The van der Waals surface area contributed by atoms with Crippen LogP contribution in [0.15, 0.2) is 53.9 Å². The number of rotatable bonds is 2. The summed E-state index contributed by atoms with van der Waals surface area (Å²) in [5.41, 5.74) is 9.42. The fraction of sp³-hybridized carbons (Fsp3) is 0.0667. The van der Waals surface area contributed by atoms with E-state index in [1.165, 1.54) is 26.8 Å². The molecule has 0 fully saturated rings. The lowest BCUT2D eigenvalue weighted by atomic mass is 10.0. The summed E-state index contributed by atoms with van der Waals surface area (Å²) in [6, 6.07) is 17.1. The van der Waals surface area contributed by atoms with E-state index >= 15 is 0 Å². The van der Waals surface area contributed by atoms with E-state index in [-0.39, 0.29) is 0 Å². The highest BCUT2D eigenvalue weighted by molar-refractivity contribution is 7.17. The first kappa shape index (κ1) is 10.5. The van der Waals surface area contributed by atoms with Crippen molar-refractivity contribution in [2.75, 3.05) is 0 Å². The van der Waals surface area contributed by atoms with Crippen LogP contribution in [0.5, 0.6) is 0 Å². The largest absolute Gasteiger partial charge is 0.326 e. The van der Waals surface area contributed by atoms with Gasteiger partial charge >= 0.3 is 0 Å². The van der Waals surface area contributed by atoms with Gasteiger partial charge in [-0.15, -0.1) is 11.3 Å². The molecule has 3 aromatic rings. The zero-order valence-corrected chi connectivity index (χ0v) is 10.2. The maximum atomic E-state index is 5.69. The Morgan fingerprint density at radius 3 is 2.76 bits per heavy atom. The van der Waals surface area contributed by atoms with E-state index in [1.54, 1.807) is 11.3 Å². The number of benzene rings is 2. The van der Waals surface area contributed by atoms with Crippen LogP contribution in [0.25, 0.3) is 21.2 Å². The molecule has 84 valence electrons. The molecular formula is C15H13NS. The highest BCUT2D eigenvalue weighted by atomic mass is 32.1. The summed E-state index contributed by atoms with van der Waals surface area (Å²) in [7, 11) is 0. The molecule has 0 saturated carbocycles. The van der Waals surface area contributed by atoms with Crippen LogP contribution in [0, 0.1) is 0 Å². The summed E-state index contributed by atoms with van der Waals surface area (Å²) in [6.45, 7) is 0.592. The Morgan fingerprint density at radius 2 is 1.88 bits per heavy atom. The number of hydrogen-bond acceptors (Lipinski definition) is 2. The van der Waals surface area contributed by atoms with Crippen molar-refractivity contribution in [2.45, 2.75) is 6.54 Å². The molecule has 2 N–H and O–H groups in total. The molecule has 0 unspecified atom stereocenters. The molecule has 0 bridgehead atoms. The molecule has 0 saturated heterocycles. The highest BCUT2D eigenvalue weighted by Gasteiger charge is 2.04. The fourth-order valence-electron chi connectivity index (χ4n) is 2.09. The molecule has 0 atom stereocenters. The third-order valence-corrected chi connectivity index (χ3v) is 3.92. The summed E-state index contributed by atoms with van der Waals surface area (Å²) in [5, 5.41) is 3.45. The second kappa shape index (κ2) is 4.32. The topological polar surface area (TPSA) is 26.0 Å². The lowest BCUT2D eigenvalue weighted by molar-refractivity contribution is 1.07. The van der Waals surface area contributed by atoms with Crippen LogP contribution in [-0.4, -0.2) is 0 Å². The number of nitrogens with two attached hydrogens (primary N) is 1. The molecule has 17 heavy (non-hydrogen) atoms. The first-order valence-electron chi connectivity index (χ1n) is 5.64. The SMILES string of the molecule is NCc1cccc(-c2cccc3ccsc23)c1. The van der Waals surface area contributed by atoms with E-state index in [4.69, 9.17) is 5.73 Å². The van der Waals surface area contributed by atoms with Gasteiger partial charge in [-0.1, -0.05) is 36.4 Å². The minimum Gasteiger partial charge on any atom is -0.326 e. The van der Waals surface area contributed by atoms with E-state index < -0.39 is 0 Å². The molecule has 1 heterocycles. The zero-order chi connectivity index (χ0) is 11.7. The molecule has 0 aliphatic rings. The molecule has 1 aromatic heterocycles. The van der Waals surface area contributed by atoms with Crippen LogP contribution in [0.4, 0.5) is 0 Å². The van der Waals surface area contributed by atoms with Gasteiger partial charge in [-0.3, -0.25) is 0 Å². The van der Waals surface area contributed by atoms with Crippen LogP contribution in [0.3, 0.4) is 0 Å². The van der Waals surface area contributed by atoms with Crippen molar-refractivity contribution in [3.05, 3.63) is 59.5 Å². The van der Waals surface area contributed by atoms with Gasteiger partial charge in [-0.2, -0.15) is 0 Å². The average molecular weight is 239 g/mol. The maximum absolute atomic E-state index is 5.69. The van der Waals surface area contributed by atoms with Crippen molar-refractivity contribution >= 4 is 21.4 Å². The Morgan fingerprint density at radius 1 is 1.00 bits per heavy atom. The molecule has 2 heteroatoms. The third kappa shape index (κ3) is 1.86. The molecule has 0 aliphatic heterocycles. The van der Waals surface area contributed by atoms with Gasteiger partial charge in [0, 0.05) is 11.2 Å². The summed E-state index contributed by atoms with van der Waals surface area (Å²) in [5.74, 6) is 0. The van der Waals surface area contributed by atoms with Gasteiger partial charge < -0.3 is 5.73 Å². The van der Waals surface area contributed by atoms with Gasteiger partial charge in [0.05, 0.1) is 0 Å². The van der Waals surface area contributed by atoms with E-state index in [9.17, 15) is 0 Å². The predicted molar refractivity (Wildman–Crippen MR) is 75.2 cm³/mol. The monoisotopic (exact) mass is 239 g/mol. The van der Waals surface area contributed by atoms with Crippen molar-refractivity contribution in [2.24, 2.45) is 5.73 Å². The summed E-state index contributed by atoms with van der Waals surface area (Å²) in [6.07, 6.45) is 0. The molecule has 1 nitrogen and oxygen atoms in total. The maximum Gasteiger partial charge on any atom is 0.0421 e. The van der Waals surface area contributed by atoms with Gasteiger partial charge in [0.2, 0.25) is 0 Å². The van der Waals surface area contributed by atoms with E-state index in [1.807, 2.05) is 0 Å². The van der Waals surface area contributed by atoms with Crippen molar-refractivity contribution in [3.63, 3.8) is 0 Å². The normalized spacial score (nSPS) is 10.9. The first-order chi connectivity index (χ1) is 8.38. The third-order valence-electron chi connectivity index (χ3n) is 2.95. The average Bonchev–Trinajstić information content (AvgIpc) is 2.87.